The number of amides is 4. The first-order chi connectivity index (χ1) is 11.6. The predicted molar refractivity (Wildman–Crippen MR) is 86.3 cm³/mol. The Morgan fingerprint density at radius 1 is 1.25 bits per heavy atom. The van der Waals surface area contributed by atoms with Crippen LogP contribution < -0.4 is 16.0 Å². The number of ether oxygens (including phenoxy) is 1. The molecule has 24 heavy (non-hydrogen) atoms. The number of carbonyl (C=O) groups is 3. The van der Waals surface area contributed by atoms with Gasteiger partial charge in [0.1, 0.15) is 6.04 Å². The SMILES string of the molecule is O=C(CC[C@@H]1NC(=O)NC1=O)NC1CCN(C[C@H]2CCCO2)CC1. The molecule has 3 N–H and O–H groups in total. The van der Waals surface area contributed by atoms with E-state index < -0.39 is 12.1 Å². The van der Waals surface area contributed by atoms with Crippen LogP contribution in [0.4, 0.5) is 4.79 Å². The van der Waals surface area contributed by atoms with E-state index in [1.807, 2.05) is 0 Å². The summed E-state index contributed by atoms with van der Waals surface area (Å²) in [5, 5.41) is 7.72. The minimum atomic E-state index is -0.587. The van der Waals surface area contributed by atoms with Crippen LogP contribution in [0.1, 0.15) is 38.5 Å². The smallest absolute Gasteiger partial charge is 0.322 e. The third kappa shape index (κ3) is 4.67. The molecule has 0 bridgehead atoms. The van der Waals surface area contributed by atoms with E-state index in [0.717, 1.165) is 51.9 Å². The number of rotatable bonds is 6. The van der Waals surface area contributed by atoms with Crippen LogP contribution in [-0.2, 0) is 14.3 Å². The van der Waals surface area contributed by atoms with Gasteiger partial charge in [0.15, 0.2) is 0 Å². The Morgan fingerprint density at radius 2 is 2.04 bits per heavy atom. The summed E-state index contributed by atoms with van der Waals surface area (Å²) in [5.41, 5.74) is 0. The third-order valence-electron chi connectivity index (χ3n) is 4.96. The lowest BCUT2D eigenvalue weighted by Crippen LogP contribution is -2.46. The van der Waals surface area contributed by atoms with Crippen LogP contribution in [0, 0.1) is 0 Å². The third-order valence-corrected chi connectivity index (χ3v) is 4.96. The van der Waals surface area contributed by atoms with Crippen molar-refractivity contribution in [3.63, 3.8) is 0 Å². The lowest BCUT2D eigenvalue weighted by molar-refractivity contribution is -0.123. The van der Waals surface area contributed by atoms with Gasteiger partial charge in [0.25, 0.3) is 5.91 Å². The molecule has 3 aliphatic heterocycles. The largest absolute Gasteiger partial charge is 0.377 e. The molecule has 2 atom stereocenters. The van der Waals surface area contributed by atoms with Crippen LogP contribution in [0.5, 0.6) is 0 Å². The number of hydrogen-bond donors (Lipinski definition) is 3. The van der Waals surface area contributed by atoms with E-state index >= 15 is 0 Å². The van der Waals surface area contributed by atoms with Crippen LogP contribution >= 0.6 is 0 Å². The molecule has 8 nitrogen and oxygen atoms in total. The highest BCUT2D eigenvalue weighted by Gasteiger charge is 2.30. The monoisotopic (exact) mass is 338 g/mol. The zero-order valence-corrected chi connectivity index (χ0v) is 13.9. The van der Waals surface area contributed by atoms with E-state index in [1.54, 1.807) is 0 Å². The standard InChI is InChI=1S/C16H26N4O4/c21-14(4-3-13-15(22)19-16(23)18-13)17-11-5-7-20(8-6-11)10-12-2-1-9-24-12/h11-13H,1-10H2,(H,17,21)(H2,18,19,22,23)/t12-,13+/m1/s1. The number of hydrogen-bond acceptors (Lipinski definition) is 5. The zero-order valence-electron chi connectivity index (χ0n) is 13.9. The number of nitrogens with one attached hydrogen (secondary N) is 3. The van der Waals surface area contributed by atoms with Crippen molar-refractivity contribution in [1.82, 2.24) is 20.9 Å². The molecule has 3 heterocycles. The molecule has 0 unspecified atom stereocenters. The lowest BCUT2D eigenvalue weighted by atomic mass is 10.0. The number of piperidine rings is 1. The van der Waals surface area contributed by atoms with Gasteiger partial charge < -0.3 is 20.3 Å². The second-order valence-corrected chi connectivity index (χ2v) is 6.83. The summed E-state index contributed by atoms with van der Waals surface area (Å²) in [6, 6.07) is -0.870. The van der Waals surface area contributed by atoms with Crippen LogP contribution in [0.25, 0.3) is 0 Å². The Balaban J connectivity index is 1.31. The van der Waals surface area contributed by atoms with E-state index in [0.29, 0.717) is 12.5 Å². The van der Waals surface area contributed by atoms with Crippen molar-refractivity contribution in [3.05, 3.63) is 0 Å². The number of likely N-dealkylation sites (tertiary alicyclic amines) is 1. The molecule has 3 aliphatic rings. The number of nitrogens with zero attached hydrogens (tertiary/aromatic N) is 1. The van der Waals surface area contributed by atoms with Crippen molar-refractivity contribution >= 4 is 17.8 Å². The highest BCUT2D eigenvalue weighted by Crippen LogP contribution is 2.17. The van der Waals surface area contributed by atoms with E-state index in [-0.39, 0.29) is 24.3 Å². The first-order valence-corrected chi connectivity index (χ1v) is 8.85. The van der Waals surface area contributed by atoms with Crippen LogP contribution in [0.3, 0.4) is 0 Å². The molecule has 0 aromatic heterocycles. The molecule has 0 saturated carbocycles. The maximum absolute atomic E-state index is 12.0. The normalized spacial score (nSPS) is 28.7. The Kier molecular flexibility index (Phi) is 5.68. The highest BCUT2D eigenvalue weighted by atomic mass is 16.5. The van der Waals surface area contributed by atoms with Gasteiger partial charge in [-0.05, 0) is 32.1 Å². The maximum Gasteiger partial charge on any atom is 0.322 e. The van der Waals surface area contributed by atoms with Gasteiger partial charge in [-0.25, -0.2) is 4.79 Å². The van der Waals surface area contributed by atoms with Gasteiger partial charge in [0, 0.05) is 38.7 Å². The second kappa shape index (κ2) is 7.94. The first kappa shape index (κ1) is 17.2. The molecule has 0 aromatic rings. The predicted octanol–water partition coefficient (Wildman–Crippen LogP) is -0.266. The van der Waals surface area contributed by atoms with Crippen molar-refractivity contribution in [2.45, 2.75) is 56.7 Å². The first-order valence-electron chi connectivity index (χ1n) is 8.85. The Hall–Kier alpha value is -1.67. The van der Waals surface area contributed by atoms with E-state index in [2.05, 4.69) is 20.9 Å². The van der Waals surface area contributed by atoms with Crippen molar-refractivity contribution in [2.24, 2.45) is 0 Å². The average molecular weight is 338 g/mol. The quantitative estimate of drug-likeness (QED) is 0.579. The zero-order chi connectivity index (χ0) is 16.9. The summed E-state index contributed by atoms with van der Waals surface area (Å²) < 4.78 is 5.67. The number of carbonyl (C=O) groups excluding carboxylic acids is 3. The van der Waals surface area contributed by atoms with Gasteiger partial charge in [-0.15, -0.1) is 0 Å². The molecule has 134 valence electrons. The molecule has 3 rings (SSSR count). The molecule has 0 aromatic carbocycles. The Morgan fingerprint density at radius 3 is 2.67 bits per heavy atom. The average Bonchev–Trinajstić information content (AvgIpc) is 3.17. The van der Waals surface area contributed by atoms with E-state index in [4.69, 9.17) is 4.74 Å². The summed E-state index contributed by atoms with van der Waals surface area (Å²) in [5.74, 6) is -0.406. The molecule has 8 heteroatoms. The summed E-state index contributed by atoms with van der Waals surface area (Å²) >= 11 is 0. The summed E-state index contributed by atoms with van der Waals surface area (Å²) in [4.78, 5) is 36.9. The van der Waals surface area contributed by atoms with Gasteiger partial charge in [-0.2, -0.15) is 0 Å². The highest BCUT2D eigenvalue weighted by molar-refractivity contribution is 6.04. The number of imide groups is 1. The van der Waals surface area contributed by atoms with Crippen molar-refractivity contribution in [1.29, 1.82) is 0 Å². The summed E-state index contributed by atoms with van der Waals surface area (Å²) in [7, 11) is 0. The lowest BCUT2D eigenvalue weighted by Gasteiger charge is -2.33. The molecular formula is C16H26N4O4. The fourth-order valence-electron chi connectivity index (χ4n) is 3.57. The van der Waals surface area contributed by atoms with E-state index in [1.165, 1.54) is 0 Å². The van der Waals surface area contributed by atoms with E-state index in [9.17, 15) is 14.4 Å². The molecule has 0 radical (unpaired) electrons. The van der Waals surface area contributed by atoms with Gasteiger partial charge >= 0.3 is 6.03 Å². The Labute approximate surface area is 141 Å². The summed E-state index contributed by atoms with van der Waals surface area (Å²) in [6.45, 7) is 3.84. The number of urea groups is 1. The molecule has 0 aliphatic carbocycles. The molecule has 3 saturated heterocycles. The minimum Gasteiger partial charge on any atom is -0.377 e. The topological polar surface area (TPSA) is 99.8 Å². The van der Waals surface area contributed by atoms with Crippen molar-refractivity contribution < 1.29 is 19.1 Å². The van der Waals surface area contributed by atoms with Crippen LogP contribution in [0.2, 0.25) is 0 Å². The van der Waals surface area contributed by atoms with Crippen molar-refractivity contribution in [3.8, 4) is 0 Å². The molecule has 4 amide bonds. The van der Waals surface area contributed by atoms with Gasteiger partial charge in [0.05, 0.1) is 6.10 Å². The molecule has 0 spiro atoms. The van der Waals surface area contributed by atoms with Crippen LogP contribution in [0.15, 0.2) is 0 Å². The molecular weight excluding hydrogens is 312 g/mol. The second-order valence-electron chi connectivity index (χ2n) is 6.83. The van der Waals surface area contributed by atoms with Gasteiger partial charge in [0.2, 0.25) is 5.91 Å². The molecule has 3 fully saturated rings. The summed E-state index contributed by atoms with van der Waals surface area (Å²) in [6.07, 6.45) is 5.16. The van der Waals surface area contributed by atoms with Gasteiger partial charge in [-0.3, -0.25) is 14.9 Å². The van der Waals surface area contributed by atoms with Crippen LogP contribution in [-0.4, -0.2) is 67.2 Å². The maximum atomic E-state index is 12.0. The minimum absolute atomic E-state index is 0.0541. The van der Waals surface area contributed by atoms with Crippen molar-refractivity contribution in [2.75, 3.05) is 26.2 Å². The Bertz CT molecular complexity index is 484. The van der Waals surface area contributed by atoms with Gasteiger partial charge in [-0.1, -0.05) is 0 Å². The fraction of sp³-hybridized carbons (Fsp3) is 0.812. The fourth-order valence-corrected chi connectivity index (χ4v) is 3.57.